The Morgan fingerprint density at radius 2 is 2.19 bits per heavy atom. The molecule has 21 heavy (non-hydrogen) atoms. The molecule has 1 aliphatic rings. The van der Waals surface area contributed by atoms with Crippen molar-refractivity contribution in [2.24, 2.45) is 0 Å². The number of aliphatic carboxylic acids is 1. The molecule has 1 aromatic rings. The molecular formula is C15H18FNO3S. The van der Waals surface area contributed by atoms with Crippen LogP contribution in [0.25, 0.3) is 0 Å². The summed E-state index contributed by atoms with van der Waals surface area (Å²) in [6.07, 6.45) is 1.59. The summed E-state index contributed by atoms with van der Waals surface area (Å²) < 4.78 is 13.6. The van der Waals surface area contributed by atoms with Crippen LogP contribution in [-0.4, -0.2) is 39.1 Å². The van der Waals surface area contributed by atoms with Crippen LogP contribution in [0.2, 0.25) is 0 Å². The predicted octanol–water partition coefficient (Wildman–Crippen LogP) is 2.90. The second-order valence-corrected chi connectivity index (χ2v) is 6.32. The summed E-state index contributed by atoms with van der Waals surface area (Å²) in [7, 11) is 0. The Labute approximate surface area is 127 Å². The lowest BCUT2D eigenvalue weighted by Crippen LogP contribution is -2.45. The van der Waals surface area contributed by atoms with Crippen molar-refractivity contribution in [2.45, 2.75) is 38.1 Å². The van der Waals surface area contributed by atoms with Crippen LogP contribution < -0.4 is 0 Å². The third kappa shape index (κ3) is 3.20. The maximum absolute atomic E-state index is 13.6. The van der Waals surface area contributed by atoms with Gasteiger partial charge in [-0.05, 0) is 31.0 Å². The van der Waals surface area contributed by atoms with Gasteiger partial charge in [0.05, 0.1) is 5.37 Å². The van der Waals surface area contributed by atoms with Crippen LogP contribution in [0.15, 0.2) is 18.2 Å². The van der Waals surface area contributed by atoms with Gasteiger partial charge in [-0.1, -0.05) is 19.4 Å². The summed E-state index contributed by atoms with van der Waals surface area (Å²) in [6, 6.07) is 3.42. The van der Waals surface area contributed by atoms with Crippen molar-refractivity contribution in [3.63, 3.8) is 0 Å². The molecule has 1 saturated heterocycles. The van der Waals surface area contributed by atoms with Crippen molar-refractivity contribution in [1.29, 1.82) is 0 Å². The highest BCUT2D eigenvalue weighted by Crippen LogP contribution is 2.33. The number of amides is 1. The summed E-state index contributed by atoms with van der Waals surface area (Å²) in [4.78, 5) is 25.3. The molecule has 1 aromatic carbocycles. The molecule has 1 N–H and O–H groups in total. The van der Waals surface area contributed by atoms with E-state index in [0.717, 1.165) is 12.8 Å². The van der Waals surface area contributed by atoms with Gasteiger partial charge >= 0.3 is 5.97 Å². The normalized spacial score (nSPS) is 21.6. The van der Waals surface area contributed by atoms with Gasteiger partial charge in [0.15, 0.2) is 0 Å². The maximum atomic E-state index is 13.6. The predicted molar refractivity (Wildman–Crippen MR) is 79.9 cm³/mol. The SMILES string of the molecule is CCCC1SCC(C(=O)O)N1C(=O)c1ccc(C)c(F)c1. The standard InChI is InChI=1S/C15H18FNO3S/c1-3-4-13-17(12(8-21-13)15(19)20)14(18)10-6-5-9(2)11(16)7-10/h5-7,12-13H,3-4,8H2,1-2H3,(H,19,20). The molecule has 1 amide bonds. The molecule has 0 bridgehead atoms. The first-order valence-corrected chi connectivity index (χ1v) is 7.93. The highest BCUT2D eigenvalue weighted by molar-refractivity contribution is 8.00. The molecule has 0 saturated carbocycles. The molecule has 114 valence electrons. The smallest absolute Gasteiger partial charge is 0.327 e. The Balaban J connectivity index is 2.31. The number of carboxylic acid groups (broad SMARTS) is 1. The van der Waals surface area contributed by atoms with Crippen LogP contribution in [-0.2, 0) is 4.79 Å². The second kappa shape index (κ2) is 6.47. The van der Waals surface area contributed by atoms with Crippen molar-refractivity contribution >= 4 is 23.6 Å². The lowest BCUT2D eigenvalue weighted by Gasteiger charge is -2.27. The molecule has 2 atom stereocenters. The molecule has 4 nitrogen and oxygen atoms in total. The van der Waals surface area contributed by atoms with Gasteiger partial charge < -0.3 is 10.0 Å². The first-order valence-electron chi connectivity index (χ1n) is 6.89. The summed E-state index contributed by atoms with van der Waals surface area (Å²) >= 11 is 1.47. The number of halogens is 1. The molecule has 0 radical (unpaired) electrons. The lowest BCUT2D eigenvalue weighted by atomic mass is 10.1. The Kier molecular flexibility index (Phi) is 4.88. The van der Waals surface area contributed by atoms with E-state index < -0.39 is 23.7 Å². The van der Waals surface area contributed by atoms with Gasteiger partial charge in [0, 0.05) is 11.3 Å². The zero-order chi connectivity index (χ0) is 15.6. The lowest BCUT2D eigenvalue weighted by molar-refractivity contribution is -0.141. The number of thioether (sulfide) groups is 1. The zero-order valence-electron chi connectivity index (χ0n) is 12.0. The number of carboxylic acids is 1. The number of carbonyl (C=O) groups is 2. The molecule has 0 aromatic heterocycles. The van der Waals surface area contributed by atoms with Crippen LogP contribution >= 0.6 is 11.8 Å². The first kappa shape index (κ1) is 15.8. The van der Waals surface area contributed by atoms with E-state index >= 15 is 0 Å². The van der Waals surface area contributed by atoms with E-state index in [1.165, 1.54) is 28.8 Å². The quantitative estimate of drug-likeness (QED) is 0.929. The second-order valence-electron chi connectivity index (χ2n) is 5.11. The van der Waals surface area contributed by atoms with Gasteiger partial charge in [-0.15, -0.1) is 11.8 Å². The van der Waals surface area contributed by atoms with Crippen LogP contribution in [0, 0.1) is 12.7 Å². The van der Waals surface area contributed by atoms with Crippen LogP contribution in [0.1, 0.15) is 35.7 Å². The molecule has 0 spiro atoms. The number of aryl methyl sites for hydroxylation is 1. The van der Waals surface area contributed by atoms with E-state index in [-0.39, 0.29) is 10.9 Å². The number of nitrogens with zero attached hydrogens (tertiary/aromatic N) is 1. The number of benzene rings is 1. The monoisotopic (exact) mass is 311 g/mol. The Morgan fingerprint density at radius 3 is 2.76 bits per heavy atom. The Bertz CT molecular complexity index is 564. The van der Waals surface area contributed by atoms with Gasteiger partial charge in [-0.2, -0.15) is 0 Å². The Morgan fingerprint density at radius 1 is 1.48 bits per heavy atom. The van der Waals surface area contributed by atoms with Crippen molar-refractivity contribution in [2.75, 3.05) is 5.75 Å². The minimum absolute atomic E-state index is 0.159. The maximum Gasteiger partial charge on any atom is 0.327 e. The van der Waals surface area contributed by atoms with E-state index in [0.29, 0.717) is 11.3 Å². The van der Waals surface area contributed by atoms with Crippen LogP contribution in [0.5, 0.6) is 0 Å². The molecule has 0 aliphatic carbocycles. The van der Waals surface area contributed by atoms with Crippen LogP contribution in [0.3, 0.4) is 0 Å². The fourth-order valence-electron chi connectivity index (χ4n) is 2.37. The molecule has 6 heteroatoms. The van der Waals surface area contributed by atoms with E-state index in [2.05, 4.69) is 0 Å². The summed E-state index contributed by atoms with van der Waals surface area (Å²) in [6.45, 7) is 3.61. The van der Waals surface area contributed by atoms with Crippen molar-refractivity contribution < 1.29 is 19.1 Å². The zero-order valence-corrected chi connectivity index (χ0v) is 12.8. The minimum atomic E-state index is -1.01. The molecule has 1 fully saturated rings. The molecule has 2 rings (SSSR count). The highest BCUT2D eigenvalue weighted by atomic mass is 32.2. The van der Waals surface area contributed by atoms with E-state index in [4.69, 9.17) is 0 Å². The number of hydrogen-bond donors (Lipinski definition) is 1. The average molecular weight is 311 g/mol. The Hall–Kier alpha value is -1.56. The summed E-state index contributed by atoms with van der Waals surface area (Å²) in [5.74, 6) is -1.50. The average Bonchev–Trinajstić information content (AvgIpc) is 2.85. The molecular weight excluding hydrogens is 293 g/mol. The number of rotatable bonds is 4. The fraction of sp³-hybridized carbons (Fsp3) is 0.467. The largest absolute Gasteiger partial charge is 0.480 e. The van der Waals surface area contributed by atoms with E-state index in [9.17, 15) is 19.1 Å². The third-order valence-corrected chi connectivity index (χ3v) is 4.92. The summed E-state index contributed by atoms with van der Waals surface area (Å²) in [5, 5.41) is 9.12. The van der Waals surface area contributed by atoms with Crippen molar-refractivity contribution in [1.82, 2.24) is 4.90 Å². The van der Waals surface area contributed by atoms with Gasteiger partial charge in [-0.25, -0.2) is 9.18 Å². The van der Waals surface area contributed by atoms with E-state index in [1.807, 2.05) is 6.92 Å². The minimum Gasteiger partial charge on any atom is -0.480 e. The molecule has 1 aliphatic heterocycles. The fourth-order valence-corrected chi connectivity index (χ4v) is 3.88. The topological polar surface area (TPSA) is 57.6 Å². The first-order chi connectivity index (χ1) is 9.95. The van der Waals surface area contributed by atoms with Crippen LogP contribution in [0.4, 0.5) is 4.39 Å². The molecule has 1 heterocycles. The molecule has 2 unspecified atom stereocenters. The highest BCUT2D eigenvalue weighted by Gasteiger charge is 2.41. The van der Waals surface area contributed by atoms with Gasteiger partial charge in [-0.3, -0.25) is 4.79 Å². The van der Waals surface area contributed by atoms with Crippen molar-refractivity contribution in [3.8, 4) is 0 Å². The third-order valence-electron chi connectivity index (χ3n) is 3.57. The van der Waals surface area contributed by atoms with Crippen molar-refractivity contribution in [3.05, 3.63) is 35.1 Å². The number of hydrogen-bond acceptors (Lipinski definition) is 3. The van der Waals surface area contributed by atoms with Gasteiger partial charge in [0.1, 0.15) is 11.9 Å². The van der Waals surface area contributed by atoms with E-state index in [1.54, 1.807) is 13.0 Å². The summed E-state index contributed by atoms with van der Waals surface area (Å²) in [5.41, 5.74) is 0.662. The number of carbonyl (C=O) groups excluding carboxylic acids is 1. The van der Waals surface area contributed by atoms with Gasteiger partial charge in [0.25, 0.3) is 5.91 Å². The van der Waals surface area contributed by atoms with Gasteiger partial charge in [0.2, 0.25) is 0 Å².